The highest BCUT2D eigenvalue weighted by molar-refractivity contribution is 7.90. The molecule has 41 heavy (non-hydrogen) atoms. The molecule has 0 unspecified atom stereocenters. The van der Waals surface area contributed by atoms with Crippen LogP contribution in [0.15, 0.2) is 88.4 Å². The Balaban J connectivity index is 1.64. The normalized spacial score (nSPS) is 13.7. The Morgan fingerprint density at radius 3 is 2.54 bits per heavy atom. The van der Waals surface area contributed by atoms with Gasteiger partial charge in [0.15, 0.2) is 0 Å². The molecule has 0 aliphatic carbocycles. The van der Waals surface area contributed by atoms with Gasteiger partial charge in [0.25, 0.3) is 10.0 Å². The van der Waals surface area contributed by atoms with Crippen molar-refractivity contribution in [3.8, 4) is 22.4 Å². The third-order valence-corrected chi connectivity index (χ3v) is 9.09. The number of methoxy groups -OCH3 is 1. The highest BCUT2D eigenvalue weighted by atomic mass is 32.2. The molecule has 10 heteroatoms. The molecule has 5 aromatic rings. The zero-order chi connectivity index (χ0) is 28.9. The van der Waals surface area contributed by atoms with Crippen LogP contribution in [-0.4, -0.2) is 38.6 Å². The van der Waals surface area contributed by atoms with E-state index < -0.39 is 15.8 Å². The number of hydrogen-bond donors (Lipinski definition) is 0. The average Bonchev–Trinajstić information content (AvgIpc) is 3.54. The second-order valence-electron chi connectivity index (χ2n) is 9.89. The predicted octanol–water partition coefficient (Wildman–Crippen LogP) is 6.41. The Morgan fingerprint density at radius 1 is 1.07 bits per heavy atom. The zero-order valence-electron chi connectivity index (χ0n) is 22.2. The Kier molecular flexibility index (Phi) is 6.39. The fraction of sp³-hybridized carbons (Fsp3) is 0.161. The highest BCUT2D eigenvalue weighted by Gasteiger charge is 2.35. The molecule has 3 aromatic carbocycles. The number of benzene rings is 3. The number of furan rings is 1. The van der Waals surface area contributed by atoms with E-state index in [0.29, 0.717) is 35.2 Å². The van der Waals surface area contributed by atoms with E-state index in [1.807, 2.05) is 24.0 Å². The minimum atomic E-state index is -4.20. The molecule has 1 aliphatic heterocycles. The van der Waals surface area contributed by atoms with Gasteiger partial charge >= 0.3 is 11.9 Å². The number of halogens is 1. The summed E-state index contributed by atoms with van der Waals surface area (Å²) in [4.78, 5) is 17.5. The average molecular weight is 570 g/mol. The second kappa shape index (κ2) is 9.94. The molecule has 0 bridgehead atoms. The molecule has 3 heterocycles. The molecule has 206 valence electrons. The fourth-order valence-corrected chi connectivity index (χ4v) is 6.81. The van der Waals surface area contributed by atoms with Crippen LogP contribution in [0.2, 0.25) is 0 Å². The van der Waals surface area contributed by atoms with Crippen molar-refractivity contribution < 1.29 is 26.8 Å². The molecule has 6 rings (SSSR count). The molecule has 0 spiro atoms. The van der Waals surface area contributed by atoms with E-state index >= 15 is 0 Å². The number of nitrogens with zero attached hydrogens (tertiary/aromatic N) is 3. The van der Waals surface area contributed by atoms with Gasteiger partial charge in [-0.05, 0) is 55.5 Å². The number of anilines is 1. The second-order valence-corrected chi connectivity index (χ2v) is 11.7. The summed E-state index contributed by atoms with van der Waals surface area (Å²) in [7, 11) is -2.84. The van der Waals surface area contributed by atoms with Crippen LogP contribution >= 0.6 is 0 Å². The lowest BCUT2D eigenvalue weighted by Crippen LogP contribution is -2.50. The SMILES string of the molecule is [C-]#[N+]c1occc1-c1c(-c2cccc(N3CC(C(=O)OC)C3)c2)n(S(=O)(=O)c2ccc(C)cc2)c2ccc(F)cc12. The van der Waals surface area contributed by atoms with E-state index in [1.165, 1.54) is 47.7 Å². The maximum atomic E-state index is 14.7. The summed E-state index contributed by atoms with van der Waals surface area (Å²) < 4.78 is 54.9. The summed E-state index contributed by atoms with van der Waals surface area (Å²) in [5, 5.41) is 0.321. The molecule has 2 aromatic heterocycles. The first-order chi connectivity index (χ1) is 19.7. The van der Waals surface area contributed by atoms with Crippen LogP contribution in [0.1, 0.15) is 5.56 Å². The van der Waals surface area contributed by atoms with E-state index in [9.17, 15) is 17.6 Å². The number of carbonyl (C=O) groups is 1. The molecular formula is C31H24FN3O5S. The van der Waals surface area contributed by atoms with Crippen LogP contribution in [0, 0.1) is 25.2 Å². The topological polar surface area (TPSA) is 86.1 Å². The van der Waals surface area contributed by atoms with Gasteiger partial charge in [-0.15, -0.1) is 0 Å². The first kappa shape index (κ1) is 26.3. The summed E-state index contributed by atoms with van der Waals surface area (Å²) in [6, 6.07) is 19.3. The maximum absolute atomic E-state index is 14.7. The van der Waals surface area contributed by atoms with Gasteiger partial charge in [0, 0.05) is 40.9 Å². The van der Waals surface area contributed by atoms with Crippen LogP contribution in [0.5, 0.6) is 0 Å². The minimum absolute atomic E-state index is 0.0397. The minimum Gasteiger partial charge on any atom is -0.487 e. The van der Waals surface area contributed by atoms with Crippen LogP contribution in [0.4, 0.5) is 16.0 Å². The van der Waals surface area contributed by atoms with Gasteiger partial charge < -0.3 is 14.1 Å². The van der Waals surface area contributed by atoms with Gasteiger partial charge in [0.05, 0.1) is 42.0 Å². The predicted molar refractivity (Wildman–Crippen MR) is 153 cm³/mol. The molecule has 1 fully saturated rings. The summed E-state index contributed by atoms with van der Waals surface area (Å²) in [5.41, 5.74) is 3.45. The van der Waals surface area contributed by atoms with Gasteiger partial charge in [-0.3, -0.25) is 4.79 Å². The maximum Gasteiger partial charge on any atom is 0.353 e. The monoisotopic (exact) mass is 569 g/mol. The van der Waals surface area contributed by atoms with Crippen LogP contribution in [0.25, 0.3) is 38.1 Å². The molecule has 8 nitrogen and oxygen atoms in total. The van der Waals surface area contributed by atoms with Gasteiger partial charge in [0.2, 0.25) is 0 Å². The van der Waals surface area contributed by atoms with Crippen LogP contribution in [-0.2, 0) is 19.6 Å². The van der Waals surface area contributed by atoms with E-state index in [4.69, 9.17) is 15.7 Å². The standard InChI is InChI=1S/C31H24FN3O5S/c1-19-7-10-24(11-8-19)41(37,38)35-27-12-9-22(32)16-26(27)28(25-13-14-40-30(25)33-2)29(35)20-5-4-6-23(15-20)34-17-21(18-34)31(36)39-3/h4-16,21H,17-18H2,1,3H3. The first-order valence-electron chi connectivity index (χ1n) is 12.8. The number of fused-ring (bicyclic) bond motifs is 1. The van der Waals surface area contributed by atoms with Gasteiger partial charge in [-0.25, -0.2) is 16.8 Å². The smallest absolute Gasteiger partial charge is 0.353 e. The molecule has 0 saturated carbocycles. The van der Waals surface area contributed by atoms with Crippen molar-refractivity contribution >= 4 is 38.5 Å². The lowest BCUT2D eigenvalue weighted by atomic mass is 9.97. The van der Waals surface area contributed by atoms with Crippen LogP contribution < -0.4 is 4.90 Å². The largest absolute Gasteiger partial charge is 0.487 e. The first-order valence-corrected chi connectivity index (χ1v) is 14.2. The number of esters is 1. The van der Waals surface area contributed by atoms with Crippen molar-refractivity contribution in [1.82, 2.24) is 3.97 Å². The Bertz CT molecular complexity index is 1960. The lowest BCUT2D eigenvalue weighted by Gasteiger charge is -2.39. The number of ether oxygens (including phenoxy) is 1. The van der Waals surface area contributed by atoms with Gasteiger partial charge in [-0.2, -0.15) is 4.85 Å². The van der Waals surface area contributed by atoms with Crippen molar-refractivity contribution in [1.29, 1.82) is 0 Å². The van der Waals surface area contributed by atoms with E-state index in [0.717, 1.165) is 11.3 Å². The third-order valence-electron chi connectivity index (χ3n) is 7.36. The third kappa shape index (κ3) is 4.35. The Hall–Kier alpha value is -4.88. The summed E-state index contributed by atoms with van der Waals surface area (Å²) in [6.45, 7) is 10.4. The molecule has 1 aliphatic rings. The molecular weight excluding hydrogens is 545 g/mol. The van der Waals surface area contributed by atoms with Crippen molar-refractivity contribution in [3.63, 3.8) is 0 Å². The highest BCUT2D eigenvalue weighted by Crippen LogP contribution is 2.47. The van der Waals surface area contributed by atoms with Crippen molar-refractivity contribution in [2.24, 2.45) is 5.92 Å². The Labute approximate surface area is 236 Å². The molecule has 0 atom stereocenters. The summed E-state index contributed by atoms with van der Waals surface area (Å²) in [5.74, 6) is -1.12. The fourth-order valence-electron chi connectivity index (χ4n) is 5.27. The van der Waals surface area contributed by atoms with Crippen molar-refractivity contribution in [3.05, 3.63) is 102 Å². The van der Waals surface area contributed by atoms with Crippen LogP contribution in [0.3, 0.4) is 0 Å². The Morgan fingerprint density at radius 2 is 1.83 bits per heavy atom. The lowest BCUT2D eigenvalue weighted by molar-refractivity contribution is -0.146. The molecule has 1 saturated heterocycles. The van der Waals surface area contributed by atoms with E-state index in [1.54, 1.807) is 30.3 Å². The molecule has 0 radical (unpaired) electrons. The van der Waals surface area contributed by atoms with Gasteiger partial charge in [0.1, 0.15) is 5.82 Å². The summed E-state index contributed by atoms with van der Waals surface area (Å²) in [6.07, 6.45) is 1.35. The quantitative estimate of drug-likeness (QED) is 0.173. The zero-order valence-corrected chi connectivity index (χ0v) is 23.0. The van der Waals surface area contributed by atoms with E-state index in [-0.39, 0.29) is 33.9 Å². The number of carbonyl (C=O) groups excluding carboxylic acids is 1. The number of aromatic nitrogens is 1. The van der Waals surface area contributed by atoms with Crippen molar-refractivity contribution in [2.45, 2.75) is 11.8 Å². The summed E-state index contributed by atoms with van der Waals surface area (Å²) >= 11 is 0. The molecule has 0 N–H and O–H groups in total. The number of aryl methyl sites for hydroxylation is 1. The number of hydrogen-bond acceptors (Lipinski definition) is 6. The van der Waals surface area contributed by atoms with E-state index in [2.05, 4.69) is 4.85 Å². The van der Waals surface area contributed by atoms with Crippen molar-refractivity contribution in [2.75, 3.05) is 25.1 Å². The number of rotatable bonds is 6. The molecule has 0 amide bonds. The van der Waals surface area contributed by atoms with Gasteiger partial charge in [-0.1, -0.05) is 29.8 Å².